The van der Waals surface area contributed by atoms with Crippen LogP contribution in [-0.4, -0.2) is 18.4 Å². The number of benzene rings is 4. The molecule has 0 nitrogen and oxygen atoms in total. The van der Waals surface area contributed by atoms with Crippen LogP contribution < -0.4 is 0 Å². The van der Waals surface area contributed by atoms with Crippen LogP contribution in [0.4, 0.5) is 0 Å². The summed E-state index contributed by atoms with van der Waals surface area (Å²) >= 11 is -1.85. The molecule has 0 fully saturated rings. The Morgan fingerprint density at radius 1 is 0.840 bits per heavy atom. The molecule has 0 spiro atoms. The Hall–Kier alpha value is -1.54. The molecule has 0 saturated heterocycles. The van der Waals surface area contributed by atoms with Gasteiger partial charge in [0.05, 0.1) is 0 Å². The van der Waals surface area contributed by atoms with E-state index in [0.717, 1.165) is 0 Å². The fraction of sp³-hybridized carbons (Fsp3) is 0.250. The summed E-state index contributed by atoms with van der Waals surface area (Å²) in [6, 6.07) is 20.5. The maximum atomic E-state index is 3.95. The van der Waals surface area contributed by atoms with Crippen LogP contribution in [0.3, 0.4) is 0 Å². The third-order valence-electron chi connectivity index (χ3n) is 5.62. The molecule has 0 radical (unpaired) electrons. The summed E-state index contributed by atoms with van der Waals surface area (Å²) in [4.78, 5) is 5.11. The molecule has 0 atom stereocenters. The second kappa shape index (κ2) is 6.64. The van der Waals surface area contributed by atoms with Gasteiger partial charge in [-0.05, 0) is 0 Å². The van der Waals surface area contributed by atoms with Gasteiger partial charge < -0.3 is 0 Å². The van der Waals surface area contributed by atoms with E-state index in [1.807, 2.05) is 0 Å². The Kier molecular flexibility index (Phi) is 4.49. The van der Waals surface area contributed by atoms with E-state index in [1.165, 1.54) is 59.6 Å². The van der Waals surface area contributed by atoms with Gasteiger partial charge in [-0.25, -0.2) is 0 Å². The van der Waals surface area contributed by atoms with E-state index in [4.69, 9.17) is 0 Å². The predicted molar refractivity (Wildman–Crippen MR) is 116 cm³/mol. The summed E-state index contributed by atoms with van der Waals surface area (Å²) in [6.45, 7) is 3.95. The maximum absolute atomic E-state index is 3.95. The minimum atomic E-state index is -1.85. The molecule has 126 valence electrons. The molecule has 0 unspecified atom stereocenters. The summed E-state index contributed by atoms with van der Waals surface area (Å²) in [5.74, 6) is 0. The molecule has 0 aliphatic heterocycles. The number of hydrogen-bond donors (Lipinski definition) is 0. The van der Waals surface area contributed by atoms with E-state index in [2.05, 4.69) is 77.1 Å². The van der Waals surface area contributed by atoms with Gasteiger partial charge in [0.2, 0.25) is 0 Å². The Morgan fingerprint density at radius 3 is 2.20 bits per heavy atom. The Morgan fingerprint density at radius 2 is 1.48 bits per heavy atom. The first kappa shape index (κ1) is 16.9. The SMILES string of the molecule is C=C[CH2][Sn]([CH3])([CH3])[CH2]CCc1ccc2ccc3cccc4ccc1c2c34. The zero-order valence-corrected chi connectivity index (χ0v) is 18.2. The molecule has 0 bridgehead atoms. The van der Waals surface area contributed by atoms with Crippen LogP contribution in [-0.2, 0) is 6.42 Å². The van der Waals surface area contributed by atoms with Gasteiger partial charge in [-0.15, -0.1) is 0 Å². The fourth-order valence-electron chi connectivity index (χ4n) is 4.26. The molecule has 0 aliphatic carbocycles. The van der Waals surface area contributed by atoms with Crippen molar-refractivity contribution in [3.63, 3.8) is 0 Å². The molecule has 0 N–H and O–H groups in total. The van der Waals surface area contributed by atoms with E-state index in [9.17, 15) is 0 Å². The molecule has 4 rings (SSSR count). The molecule has 25 heavy (non-hydrogen) atoms. The predicted octanol–water partition coefficient (Wildman–Crippen LogP) is 7.41. The summed E-state index contributed by atoms with van der Waals surface area (Å²) in [5, 5.41) is 8.44. The topological polar surface area (TPSA) is 0 Å². The minimum absolute atomic E-state index is 1.20. The Labute approximate surface area is 154 Å². The number of aryl methyl sites for hydroxylation is 1. The number of hydrogen-bond acceptors (Lipinski definition) is 0. The normalized spacial score (nSPS) is 12.4. The third-order valence-corrected chi connectivity index (χ3v) is 14.5. The van der Waals surface area contributed by atoms with Crippen LogP contribution in [0.1, 0.15) is 12.0 Å². The number of rotatable bonds is 6. The molecule has 0 aliphatic rings. The molecule has 0 amide bonds. The quantitative estimate of drug-likeness (QED) is 0.169. The summed E-state index contributed by atoms with van der Waals surface area (Å²) < 4.78 is 2.75. The first-order valence-electron chi connectivity index (χ1n) is 9.35. The van der Waals surface area contributed by atoms with Crippen molar-refractivity contribution in [2.75, 3.05) is 0 Å². The molecule has 4 aromatic carbocycles. The summed E-state index contributed by atoms with van der Waals surface area (Å²) in [7, 11) is 0. The summed E-state index contributed by atoms with van der Waals surface area (Å²) in [6.07, 6.45) is 4.67. The average molecular weight is 433 g/mol. The van der Waals surface area contributed by atoms with Gasteiger partial charge in [0, 0.05) is 0 Å². The van der Waals surface area contributed by atoms with Crippen molar-refractivity contribution >= 4 is 50.7 Å². The van der Waals surface area contributed by atoms with E-state index in [0.29, 0.717) is 0 Å². The second-order valence-electron chi connectivity index (χ2n) is 8.09. The van der Waals surface area contributed by atoms with E-state index < -0.39 is 18.4 Å². The molecular formula is C24H26Sn. The van der Waals surface area contributed by atoms with Gasteiger partial charge in [0.25, 0.3) is 0 Å². The van der Waals surface area contributed by atoms with Crippen molar-refractivity contribution in [3.8, 4) is 0 Å². The number of allylic oxidation sites excluding steroid dienone is 1. The van der Waals surface area contributed by atoms with Gasteiger partial charge in [-0.3, -0.25) is 0 Å². The van der Waals surface area contributed by atoms with Crippen molar-refractivity contribution in [2.24, 2.45) is 0 Å². The molecule has 1 heteroatoms. The molecule has 4 aromatic rings. The van der Waals surface area contributed by atoms with Crippen molar-refractivity contribution in [1.82, 2.24) is 0 Å². The molecular weight excluding hydrogens is 407 g/mol. The van der Waals surface area contributed by atoms with Crippen LogP contribution in [0, 0.1) is 0 Å². The van der Waals surface area contributed by atoms with Crippen molar-refractivity contribution in [3.05, 3.63) is 72.8 Å². The first-order valence-corrected chi connectivity index (χ1v) is 19.1. The zero-order valence-electron chi connectivity index (χ0n) is 15.3. The van der Waals surface area contributed by atoms with Crippen LogP contribution in [0.5, 0.6) is 0 Å². The van der Waals surface area contributed by atoms with Crippen molar-refractivity contribution in [1.29, 1.82) is 0 Å². The van der Waals surface area contributed by atoms with Crippen molar-refractivity contribution in [2.45, 2.75) is 31.6 Å². The first-order chi connectivity index (χ1) is 12.1. The van der Waals surface area contributed by atoms with Crippen LogP contribution in [0.2, 0.25) is 18.8 Å². The Bertz CT molecular complexity index is 1030. The van der Waals surface area contributed by atoms with Gasteiger partial charge >= 0.3 is 155 Å². The van der Waals surface area contributed by atoms with Crippen LogP contribution >= 0.6 is 0 Å². The van der Waals surface area contributed by atoms with Crippen LogP contribution in [0.15, 0.2) is 67.3 Å². The molecule has 0 aromatic heterocycles. The molecule has 0 saturated carbocycles. The zero-order chi connectivity index (χ0) is 17.4. The van der Waals surface area contributed by atoms with Crippen molar-refractivity contribution < 1.29 is 0 Å². The van der Waals surface area contributed by atoms with E-state index in [-0.39, 0.29) is 0 Å². The monoisotopic (exact) mass is 434 g/mol. The van der Waals surface area contributed by atoms with Gasteiger partial charge in [0.15, 0.2) is 0 Å². The average Bonchev–Trinajstić information content (AvgIpc) is 2.60. The fourth-order valence-corrected chi connectivity index (χ4v) is 10.3. The van der Waals surface area contributed by atoms with Gasteiger partial charge in [0.1, 0.15) is 0 Å². The second-order valence-corrected chi connectivity index (χ2v) is 23.0. The standard InChI is InChI=1S/C19H15.C3H5.2CH3.Sn/c1-2-4-13-7-8-16-10-9-14-5-3-6-15-11-12-17(13)19(16)18(14)15;1-3-2;;;/h3,5-12H,1-2,4H2;3H,1-2H2;2*1H3;. The third kappa shape index (κ3) is 3.17. The Balaban J connectivity index is 1.74. The van der Waals surface area contributed by atoms with Gasteiger partial charge in [-0.2, -0.15) is 0 Å². The summed E-state index contributed by atoms with van der Waals surface area (Å²) in [5.41, 5.74) is 1.52. The van der Waals surface area contributed by atoms with E-state index >= 15 is 0 Å². The van der Waals surface area contributed by atoms with Gasteiger partial charge in [-0.1, -0.05) is 0 Å². The molecule has 0 heterocycles. The van der Waals surface area contributed by atoms with Crippen LogP contribution in [0.25, 0.3) is 32.3 Å². The van der Waals surface area contributed by atoms with E-state index in [1.54, 1.807) is 0 Å².